The highest BCUT2D eigenvalue weighted by Crippen LogP contribution is 2.10. The number of carbonyl (C=O) groups is 1. The van der Waals surface area contributed by atoms with Gasteiger partial charge >= 0.3 is 6.16 Å². The molecule has 0 saturated carbocycles. The second-order valence-electron chi connectivity index (χ2n) is 11.2. The van der Waals surface area contributed by atoms with E-state index in [2.05, 4.69) is 32.9 Å². The van der Waals surface area contributed by atoms with Crippen LogP contribution in [0.25, 0.3) is 0 Å². The van der Waals surface area contributed by atoms with Crippen molar-refractivity contribution in [2.45, 2.75) is 150 Å². The van der Waals surface area contributed by atoms with Crippen LogP contribution in [0.15, 0.2) is 48.5 Å². The molecule has 0 amide bonds. The molecule has 0 saturated heterocycles. The molecule has 4 nitrogen and oxygen atoms in total. The summed E-state index contributed by atoms with van der Waals surface area (Å²) in [4.78, 5) is 11.4. The Hall–Kier alpha value is -2.04. The quantitative estimate of drug-likeness (QED) is 0.0908. The molecule has 0 aromatic heterocycles. The minimum absolute atomic E-state index is 0. The van der Waals surface area contributed by atoms with Gasteiger partial charge in [0, 0.05) is 12.5 Å². The summed E-state index contributed by atoms with van der Waals surface area (Å²) in [6.07, 6.45) is 19.7. The molecule has 0 spiro atoms. The lowest BCUT2D eigenvalue weighted by atomic mass is 10.1. The van der Waals surface area contributed by atoms with Crippen LogP contribution in [0.1, 0.15) is 146 Å². The summed E-state index contributed by atoms with van der Waals surface area (Å²) >= 11 is 5.58. The normalized spacial score (nSPS) is 10.0. The minimum Gasteiger partial charge on any atom is -0.434 e. The summed E-state index contributed by atoms with van der Waals surface area (Å²) in [7, 11) is 0. The Bertz CT molecular complexity index is 828. The van der Waals surface area contributed by atoms with Gasteiger partial charge in [0.05, 0.1) is 6.61 Å². The summed E-state index contributed by atoms with van der Waals surface area (Å²) in [5.41, 5.74) is 4.64. The summed E-state index contributed by atoms with van der Waals surface area (Å²) < 4.78 is 10.2. The fourth-order valence-electron chi connectivity index (χ4n) is 4.18. The lowest BCUT2D eigenvalue weighted by Gasteiger charge is -2.06. The van der Waals surface area contributed by atoms with Gasteiger partial charge in [-0.3, -0.25) is 0 Å². The Morgan fingerprint density at radius 1 is 0.605 bits per heavy atom. The van der Waals surface area contributed by atoms with E-state index < -0.39 is 6.16 Å². The van der Waals surface area contributed by atoms with Gasteiger partial charge in [-0.15, -0.1) is 11.6 Å². The van der Waals surface area contributed by atoms with E-state index in [1.54, 1.807) is 0 Å². The maximum Gasteiger partial charge on any atom is 0.508 e. The molecule has 0 radical (unpaired) electrons. The molecular weight excluding hydrogens is 556 g/mol. The predicted octanol–water partition coefficient (Wildman–Crippen LogP) is 12.3. The standard InChI is InChI=1S/C19H30O3.C10H22O.C8H9Cl.CH4/c1-3-4-5-6-7-8-9-10-15-21-19(20)22-16-18-13-11-17(2)12-14-18;1-2-3-4-5-6-7-8-9-10-11;1-7-2-4-8(6-9)5-3-7;/h11-14H,3-10,15-16H2,1-2H3;11H,2-10H2,1H3;2-5H,6H2,1H3;1H4. The van der Waals surface area contributed by atoms with Crippen molar-refractivity contribution in [1.29, 1.82) is 0 Å². The molecule has 0 heterocycles. The average Bonchev–Trinajstić information content (AvgIpc) is 3.00. The van der Waals surface area contributed by atoms with Gasteiger partial charge in [-0.2, -0.15) is 0 Å². The average molecular weight is 621 g/mol. The second kappa shape index (κ2) is 32.9. The lowest BCUT2D eigenvalue weighted by Crippen LogP contribution is -2.08. The molecule has 248 valence electrons. The van der Waals surface area contributed by atoms with E-state index in [4.69, 9.17) is 26.2 Å². The van der Waals surface area contributed by atoms with Gasteiger partial charge in [-0.1, -0.05) is 171 Å². The van der Waals surface area contributed by atoms with Crippen molar-refractivity contribution in [3.05, 3.63) is 70.8 Å². The molecule has 0 aliphatic heterocycles. The number of carbonyl (C=O) groups excluding carboxylic acids is 1. The van der Waals surface area contributed by atoms with Crippen LogP contribution >= 0.6 is 11.6 Å². The molecule has 1 N–H and O–H groups in total. The van der Waals surface area contributed by atoms with Crippen LogP contribution in [0.2, 0.25) is 0 Å². The van der Waals surface area contributed by atoms with Crippen molar-refractivity contribution in [2.24, 2.45) is 0 Å². The molecule has 0 bridgehead atoms. The first-order valence-corrected chi connectivity index (χ1v) is 17.1. The Morgan fingerprint density at radius 2 is 1.00 bits per heavy atom. The largest absolute Gasteiger partial charge is 0.508 e. The Morgan fingerprint density at radius 3 is 1.42 bits per heavy atom. The van der Waals surface area contributed by atoms with Gasteiger partial charge < -0.3 is 14.6 Å². The maximum atomic E-state index is 11.4. The highest BCUT2D eigenvalue weighted by atomic mass is 35.5. The van der Waals surface area contributed by atoms with E-state index in [1.165, 1.54) is 100 Å². The van der Waals surface area contributed by atoms with E-state index in [9.17, 15) is 4.79 Å². The van der Waals surface area contributed by atoms with Gasteiger partial charge in [-0.05, 0) is 37.8 Å². The summed E-state index contributed by atoms with van der Waals surface area (Å²) in [6.45, 7) is 9.68. The van der Waals surface area contributed by atoms with Crippen LogP contribution in [-0.2, 0) is 22.0 Å². The smallest absolute Gasteiger partial charge is 0.434 e. The van der Waals surface area contributed by atoms with Crippen molar-refractivity contribution in [3.8, 4) is 0 Å². The van der Waals surface area contributed by atoms with Crippen LogP contribution < -0.4 is 0 Å². The Balaban J connectivity index is 0. The number of halogens is 1. The zero-order chi connectivity index (χ0) is 31.1. The van der Waals surface area contributed by atoms with Gasteiger partial charge in [-0.25, -0.2) is 4.79 Å². The first kappa shape index (κ1) is 43.1. The number of hydrogen-bond acceptors (Lipinski definition) is 4. The Kier molecular flexibility index (Phi) is 32.9. The molecule has 0 unspecified atom stereocenters. The highest BCUT2D eigenvalue weighted by molar-refractivity contribution is 6.17. The number of ether oxygens (including phenoxy) is 2. The molecule has 0 fully saturated rings. The first-order valence-electron chi connectivity index (χ1n) is 16.5. The number of rotatable bonds is 20. The van der Waals surface area contributed by atoms with E-state index in [1.807, 2.05) is 43.3 Å². The van der Waals surface area contributed by atoms with Gasteiger partial charge in [0.2, 0.25) is 0 Å². The zero-order valence-electron chi connectivity index (χ0n) is 27.3. The van der Waals surface area contributed by atoms with Crippen molar-refractivity contribution in [1.82, 2.24) is 0 Å². The fraction of sp³-hybridized carbons (Fsp3) is 0.658. The molecule has 2 aromatic rings. The van der Waals surface area contributed by atoms with Crippen LogP contribution in [0, 0.1) is 13.8 Å². The van der Waals surface area contributed by atoms with Crippen molar-refractivity contribution in [3.63, 3.8) is 0 Å². The van der Waals surface area contributed by atoms with Crippen LogP contribution in [0.4, 0.5) is 4.79 Å². The number of unbranched alkanes of at least 4 members (excludes halogenated alkanes) is 14. The fourth-order valence-corrected chi connectivity index (χ4v) is 4.36. The SMILES string of the molecule is C.CCCCCCCCCCO.CCCCCCCCCCOC(=O)OCc1ccc(C)cc1.Cc1ccc(CCl)cc1. The van der Waals surface area contributed by atoms with E-state index in [0.29, 0.717) is 19.1 Å². The number of hydrogen-bond donors (Lipinski definition) is 1. The molecule has 43 heavy (non-hydrogen) atoms. The predicted molar refractivity (Wildman–Crippen MR) is 187 cm³/mol. The summed E-state index contributed by atoms with van der Waals surface area (Å²) in [5.74, 6) is 0.611. The number of benzene rings is 2. The zero-order valence-corrected chi connectivity index (χ0v) is 28.1. The number of aliphatic hydroxyl groups excluding tert-OH is 1. The summed E-state index contributed by atoms with van der Waals surface area (Å²) in [6, 6.07) is 16.2. The van der Waals surface area contributed by atoms with Crippen LogP contribution in [0.3, 0.4) is 0 Å². The van der Waals surface area contributed by atoms with Crippen LogP contribution in [0.5, 0.6) is 0 Å². The lowest BCUT2D eigenvalue weighted by molar-refractivity contribution is 0.0487. The number of alkyl halides is 1. The van der Waals surface area contributed by atoms with Gasteiger partial charge in [0.25, 0.3) is 0 Å². The number of aryl methyl sites for hydroxylation is 2. The second-order valence-corrected chi connectivity index (χ2v) is 11.4. The van der Waals surface area contributed by atoms with Crippen LogP contribution in [-0.4, -0.2) is 24.5 Å². The van der Waals surface area contributed by atoms with E-state index >= 15 is 0 Å². The third-order valence-corrected chi connectivity index (χ3v) is 7.29. The molecule has 0 aliphatic carbocycles. The molecule has 2 aromatic carbocycles. The minimum atomic E-state index is -0.566. The first-order chi connectivity index (χ1) is 20.5. The molecule has 0 atom stereocenters. The number of aliphatic hydroxyl groups is 1. The Labute approximate surface area is 270 Å². The topological polar surface area (TPSA) is 55.8 Å². The molecular formula is C38H65ClO4. The molecule has 0 aliphatic rings. The molecule has 5 heteroatoms. The van der Waals surface area contributed by atoms with Crippen molar-refractivity contribution >= 4 is 17.8 Å². The maximum absolute atomic E-state index is 11.4. The van der Waals surface area contributed by atoms with Crippen molar-refractivity contribution < 1.29 is 19.4 Å². The monoisotopic (exact) mass is 620 g/mol. The van der Waals surface area contributed by atoms with E-state index in [0.717, 1.165) is 24.8 Å². The highest BCUT2D eigenvalue weighted by Gasteiger charge is 2.04. The van der Waals surface area contributed by atoms with Crippen molar-refractivity contribution in [2.75, 3.05) is 13.2 Å². The van der Waals surface area contributed by atoms with E-state index in [-0.39, 0.29) is 14.0 Å². The van der Waals surface area contributed by atoms with Gasteiger partial charge in [0.1, 0.15) is 6.61 Å². The third-order valence-electron chi connectivity index (χ3n) is 6.98. The third kappa shape index (κ3) is 29.8. The van der Waals surface area contributed by atoms with Gasteiger partial charge in [0.15, 0.2) is 0 Å². The molecule has 2 rings (SSSR count). The summed E-state index contributed by atoms with van der Waals surface area (Å²) in [5, 5.41) is 8.51.